The molecule has 1 aliphatic heterocycles. The summed E-state index contributed by atoms with van der Waals surface area (Å²) >= 11 is 5.91. The second-order valence-electron chi connectivity index (χ2n) is 4.62. The average molecular weight is 269 g/mol. The van der Waals surface area contributed by atoms with Gasteiger partial charge in [-0.3, -0.25) is 4.79 Å². The quantitative estimate of drug-likeness (QED) is 0.880. The highest BCUT2D eigenvalue weighted by Gasteiger charge is 2.22. The minimum Gasteiger partial charge on any atom is -0.382 e. The summed E-state index contributed by atoms with van der Waals surface area (Å²) in [6, 6.07) is 5.51. The number of hydrogen-bond donors (Lipinski definition) is 2. The number of carbonyl (C=O) groups excluding carboxylic acids is 1. The fourth-order valence-electron chi connectivity index (χ4n) is 2.13. The molecule has 1 heterocycles. The van der Waals surface area contributed by atoms with Gasteiger partial charge in [-0.1, -0.05) is 11.6 Å². The summed E-state index contributed by atoms with van der Waals surface area (Å²) in [4.78, 5) is 11.2. The Hall–Kier alpha value is -1.26. The molecule has 1 aromatic carbocycles. The van der Waals surface area contributed by atoms with Crippen molar-refractivity contribution in [3.05, 3.63) is 28.8 Å². The van der Waals surface area contributed by atoms with Crippen molar-refractivity contribution < 1.29 is 9.53 Å². The number of amides is 1. The normalized spacial score (nSPS) is 20.7. The smallest absolute Gasteiger partial charge is 0.250 e. The lowest BCUT2D eigenvalue weighted by molar-refractivity contribution is 0.100. The first kappa shape index (κ1) is 13.2. The first-order chi connectivity index (χ1) is 8.58. The van der Waals surface area contributed by atoms with E-state index in [9.17, 15) is 4.79 Å². The fourth-order valence-corrected chi connectivity index (χ4v) is 2.34. The summed E-state index contributed by atoms with van der Waals surface area (Å²) in [7, 11) is 0. The molecule has 4 nitrogen and oxygen atoms in total. The van der Waals surface area contributed by atoms with Crippen LogP contribution in [-0.4, -0.2) is 25.2 Å². The zero-order valence-electron chi connectivity index (χ0n) is 10.3. The van der Waals surface area contributed by atoms with Gasteiger partial charge in [-0.2, -0.15) is 0 Å². The molecule has 5 heteroatoms. The molecule has 1 fully saturated rings. The van der Waals surface area contributed by atoms with Crippen LogP contribution in [0.15, 0.2) is 18.2 Å². The summed E-state index contributed by atoms with van der Waals surface area (Å²) in [6.45, 7) is 3.71. The lowest BCUT2D eigenvalue weighted by Crippen LogP contribution is -2.26. The number of hydrogen-bond acceptors (Lipinski definition) is 3. The van der Waals surface area contributed by atoms with E-state index in [1.54, 1.807) is 12.1 Å². The predicted octanol–water partition coefficient (Wildman–Crippen LogP) is 2.28. The molecule has 2 atom stereocenters. The topological polar surface area (TPSA) is 64.3 Å². The van der Waals surface area contributed by atoms with E-state index < -0.39 is 5.91 Å². The first-order valence-corrected chi connectivity index (χ1v) is 6.39. The molecular weight excluding hydrogens is 252 g/mol. The summed E-state index contributed by atoms with van der Waals surface area (Å²) in [5.41, 5.74) is 6.46. The van der Waals surface area contributed by atoms with Crippen LogP contribution >= 0.6 is 11.6 Å². The van der Waals surface area contributed by atoms with Gasteiger partial charge in [0.25, 0.3) is 0 Å². The lowest BCUT2D eigenvalue weighted by atomic mass is 10.0. The van der Waals surface area contributed by atoms with E-state index in [-0.39, 0.29) is 6.04 Å². The third-order valence-electron chi connectivity index (χ3n) is 3.30. The fraction of sp³-hybridized carbons (Fsp3) is 0.462. The van der Waals surface area contributed by atoms with E-state index in [4.69, 9.17) is 22.1 Å². The molecule has 1 saturated heterocycles. The average Bonchev–Trinajstić information content (AvgIpc) is 2.85. The van der Waals surface area contributed by atoms with Gasteiger partial charge in [0.05, 0.1) is 17.2 Å². The third kappa shape index (κ3) is 2.94. The number of ether oxygens (including phenoxy) is 1. The SMILES string of the molecule is CC(Nc1ccc(Cl)c(C(N)=O)c1)C1CCOC1. The molecule has 0 radical (unpaired) electrons. The largest absolute Gasteiger partial charge is 0.382 e. The molecular formula is C13H17ClN2O2. The van der Waals surface area contributed by atoms with Gasteiger partial charge >= 0.3 is 0 Å². The number of benzene rings is 1. The van der Waals surface area contributed by atoms with Crippen LogP contribution in [-0.2, 0) is 4.74 Å². The van der Waals surface area contributed by atoms with Crippen molar-refractivity contribution in [1.29, 1.82) is 0 Å². The summed E-state index contributed by atoms with van der Waals surface area (Å²) in [6.07, 6.45) is 1.06. The van der Waals surface area contributed by atoms with E-state index in [0.717, 1.165) is 25.3 Å². The van der Waals surface area contributed by atoms with Crippen LogP contribution in [0.4, 0.5) is 5.69 Å². The molecule has 0 aliphatic carbocycles. The molecule has 0 spiro atoms. The van der Waals surface area contributed by atoms with Crippen molar-refractivity contribution in [1.82, 2.24) is 0 Å². The second kappa shape index (κ2) is 5.59. The second-order valence-corrected chi connectivity index (χ2v) is 5.02. The van der Waals surface area contributed by atoms with Crippen LogP contribution in [0.5, 0.6) is 0 Å². The summed E-state index contributed by atoms with van der Waals surface area (Å²) in [5.74, 6) is -0.0155. The molecule has 0 aromatic heterocycles. The third-order valence-corrected chi connectivity index (χ3v) is 3.63. The maximum Gasteiger partial charge on any atom is 0.250 e. The molecule has 0 bridgehead atoms. The zero-order chi connectivity index (χ0) is 13.1. The molecule has 2 rings (SSSR count). The number of nitrogens with two attached hydrogens (primary N) is 1. The molecule has 1 aliphatic rings. The van der Waals surface area contributed by atoms with E-state index in [1.165, 1.54) is 0 Å². The molecule has 1 amide bonds. The highest BCUT2D eigenvalue weighted by atomic mass is 35.5. The maximum atomic E-state index is 11.2. The van der Waals surface area contributed by atoms with Gasteiger partial charge in [0.1, 0.15) is 0 Å². The van der Waals surface area contributed by atoms with E-state index in [1.807, 2.05) is 6.07 Å². The standard InChI is InChI=1S/C13H17ClN2O2/c1-8(9-4-5-18-7-9)16-10-2-3-12(14)11(6-10)13(15)17/h2-3,6,8-9,16H,4-5,7H2,1H3,(H2,15,17). The summed E-state index contributed by atoms with van der Waals surface area (Å²) in [5, 5.41) is 3.74. The number of primary amides is 1. The molecule has 2 unspecified atom stereocenters. The van der Waals surface area contributed by atoms with Crippen molar-refractivity contribution in [2.24, 2.45) is 11.7 Å². The molecule has 3 N–H and O–H groups in total. The van der Waals surface area contributed by atoms with Crippen LogP contribution in [0.2, 0.25) is 5.02 Å². The van der Waals surface area contributed by atoms with Crippen LogP contribution in [0.1, 0.15) is 23.7 Å². The Morgan fingerprint density at radius 1 is 1.61 bits per heavy atom. The Labute approximate surface area is 111 Å². The summed E-state index contributed by atoms with van der Waals surface area (Å²) < 4.78 is 5.36. The monoisotopic (exact) mass is 268 g/mol. The predicted molar refractivity (Wildman–Crippen MR) is 72.0 cm³/mol. The van der Waals surface area contributed by atoms with Crippen LogP contribution in [0, 0.1) is 5.92 Å². The van der Waals surface area contributed by atoms with Gasteiger partial charge in [0, 0.05) is 24.3 Å². The Morgan fingerprint density at radius 2 is 2.39 bits per heavy atom. The van der Waals surface area contributed by atoms with Crippen LogP contribution in [0.25, 0.3) is 0 Å². The van der Waals surface area contributed by atoms with Crippen LogP contribution in [0.3, 0.4) is 0 Å². The van der Waals surface area contributed by atoms with E-state index in [0.29, 0.717) is 16.5 Å². The number of anilines is 1. The molecule has 98 valence electrons. The minimum atomic E-state index is -0.513. The number of halogens is 1. The van der Waals surface area contributed by atoms with Crippen molar-refractivity contribution >= 4 is 23.2 Å². The van der Waals surface area contributed by atoms with Gasteiger partial charge in [0.2, 0.25) is 5.91 Å². The van der Waals surface area contributed by atoms with Gasteiger partial charge in [-0.05, 0) is 31.5 Å². The molecule has 1 aromatic rings. The highest BCUT2D eigenvalue weighted by molar-refractivity contribution is 6.33. The molecule has 0 saturated carbocycles. The highest BCUT2D eigenvalue weighted by Crippen LogP contribution is 2.24. The van der Waals surface area contributed by atoms with E-state index >= 15 is 0 Å². The Morgan fingerprint density at radius 3 is 3.00 bits per heavy atom. The first-order valence-electron chi connectivity index (χ1n) is 6.01. The van der Waals surface area contributed by atoms with Gasteiger partial charge in [-0.15, -0.1) is 0 Å². The maximum absolute atomic E-state index is 11.2. The van der Waals surface area contributed by atoms with E-state index in [2.05, 4.69) is 12.2 Å². The Balaban J connectivity index is 2.09. The minimum absolute atomic E-state index is 0.286. The van der Waals surface area contributed by atoms with Crippen molar-refractivity contribution in [3.63, 3.8) is 0 Å². The number of nitrogens with one attached hydrogen (secondary N) is 1. The molecule has 18 heavy (non-hydrogen) atoms. The zero-order valence-corrected chi connectivity index (χ0v) is 11.0. The lowest BCUT2D eigenvalue weighted by Gasteiger charge is -2.20. The number of rotatable bonds is 4. The Bertz CT molecular complexity index is 445. The van der Waals surface area contributed by atoms with Gasteiger partial charge < -0.3 is 15.8 Å². The van der Waals surface area contributed by atoms with Crippen molar-refractivity contribution in [2.45, 2.75) is 19.4 Å². The van der Waals surface area contributed by atoms with Gasteiger partial charge in [0.15, 0.2) is 0 Å². The van der Waals surface area contributed by atoms with Crippen LogP contribution < -0.4 is 11.1 Å². The van der Waals surface area contributed by atoms with Gasteiger partial charge in [-0.25, -0.2) is 0 Å². The number of carbonyl (C=O) groups is 1. The van der Waals surface area contributed by atoms with Crippen molar-refractivity contribution in [3.8, 4) is 0 Å². The Kier molecular flexibility index (Phi) is 4.09. The van der Waals surface area contributed by atoms with Crippen molar-refractivity contribution in [2.75, 3.05) is 18.5 Å².